The summed E-state index contributed by atoms with van der Waals surface area (Å²) in [6.07, 6.45) is 0.257. The molecule has 8 heteroatoms. The van der Waals surface area contributed by atoms with Crippen molar-refractivity contribution in [3.63, 3.8) is 0 Å². The van der Waals surface area contributed by atoms with Crippen molar-refractivity contribution >= 4 is 18.7 Å². The Morgan fingerprint density at radius 1 is 1.38 bits per heavy atom. The predicted molar refractivity (Wildman–Crippen MR) is 48.8 cm³/mol. The van der Waals surface area contributed by atoms with Gasteiger partial charge in [0.1, 0.15) is 12.0 Å². The molecule has 0 saturated heterocycles. The quantitative estimate of drug-likeness (QED) is 0.518. The summed E-state index contributed by atoms with van der Waals surface area (Å²) in [6.45, 7) is -5.37. The first-order valence-electron chi connectivity index (χ1n) is 3.96. The number of phenolic OH excluding ortho intramolecular Hbond substituents is 1. The normalized spacial score (nSPS) is 10.5. The van der Waals surface area contributed by atoms with Crippen LogP contribution in [-0.4, -0.2) is 25.5 Å². The molecule has 0 aliphatic rings. The number of methoxy groups -OCH3 is 1. The maximum absolute atomic E-state index is 12.4. The Hall–Kier alpha value is -0.0187. The minimum absolute atomic E-state index is 0. The first-order chi connectivity index (χ1) is 6.90. The van der Waals surface area contributed by atoms with Crippen LogP contribution in [-0.2, 0) is 0 Å². The van der Waals surface area contributed by atoms with E-state index in [9.17, 15) is 22.8 Å². The molecule has 0 bridgehead atoms. The minimum atomic E-state index is -5.37. The number of benzene rings is 1. The molecule has 0 aliphatic heterocycles. The van der Waals surface area contributed by atoms with Gasteiger partial charge in [0.15, 0.2) is 5.75 Å². The van der Waals surface area contributed by atoms with Gasteiger partial charge in [0, 0.05) is 5.56 Å². The van der Waals surface area contributed by atoms with Crippen LogP contribution in [0.1, 0.15) is 10.4 Å². The number of hydrogen-bond acceptors (Lipinski definition) is 3. The topological polar surface area (TPSA) is 46.5 Å². The molecule has 0 fully saturated rings. The molecular weight excluding hydrogens is 251 g/mol. The van der Waals surface area contributed by atoms with E-state index in [1.165, 1.54) is 0 Å². The number of aromatic hydroxyl groups is 1. The van der Waals surface area contributed by atoms with Gasteiger partial charge in [-0.05, 0) is 6.07 Å². The van der Waals surface area contributed by atoms with Crippen molar-refractivity contribution in [2.45, 2.75) is 0 Å². The molecule has 1 rings (SSSR count). The predicted octanol–water partition coefficient (Wildman–Crippen LogP) is -1.73. The van der Waals surface area contributed by atoms with Gasteiger partial charge in [-0.1, -0.05) is 11.5 Å². The third-order valence-corrected chi connectivity index (χ3v) is 1.84. The van der Waals surface area contributed by atoms with Crippen molar-refractivity contribution in [1.82, 2.24) is 0 Å². The van der Waals surface area contributed by atoms with Gasteiger partial charge in [-0.2, -0.15) is 0 Å². The number of halogens is 3. The molecular formula is C8H7BF3KO3. The number of phenols is 1. The van der Waals surface area contributed by atoms with Gasteiger partial charge in [-0.15, -0.1) is 0 Å². The van der Waals surface area contributed by atoms with Crippen LogP contribution < -0.4 is 61.6 Å². The zero-order valence-corrected chi connectivity index (χ0v) is 11.8. The van der Waals surface area contributed by atoms with Crippen LogP contribution in [0.3, 0.4) is 0 Å². The van der Waals surface area contributed by atoms with Crippen LogP contribution in [0.25, 0.3) is 0 Å². The fraction of sp³-hybridized carbons (Fsp3) is 0.125. The second kappa shape index (κ2) is 6.06. The maximum atomic E-state index is 12.4. The van der Waals surface area contributed by atoms with Crippen LogP contribution in [0, 0.1) is 0 Å². The van der Waals surface area contributed by atoms with E-state index in [1.54, 1.807) is 0 Å². The fourth-order valence-electron chi connectivity index (χ4n) is 1.12. The molecule has 0 amide bonds. The number of carbonyl (C=O) groups excluding carboxylic acids is 1. The molecule has 3 nitrogen and oxygen atoms in total. The van der Waals surface area contributed by atoms with Crippen molar-refractivity contribution < 1.29 is 79.0 Å². The summed E-state index contributed by atoms with van der Waals surface area (Å²) in [5.74, 6) is -1.36. The molecule has 82 valence electrons. The number of ether oxygens (including phenoxy) is 1. The van der Waals surface area contributed by atoms with E-state index in [2.05, 4.69) is 4.74 Å². The van der Waals surface area contributed by atoms with Gasteiger partial charge < -0.3 is 22.8 Å². The van der Waals surface area contributed by atoms with E-state index in [0.29, 0.717) is 6.07 Å². The Morgan fingerprint density at radius 2 is 1.94 bits per heavy atom. The SMILES string of the molecule is COc1cc(C=O)cc([B-](F)(F)F)c1O.[K+]. The Kier molecular flexibility index (Phi) is 6.05. The standard InChI is InChI=1S/C8H7BF3O3.K/c1-15-7-3-5(4-13)2-6(8(7)14)9(10,11)12;/h2-4,14H,1H3;/q-1;+1. The molecule has 0 radical (unpaired) electrons. The largest absolute Gasteiger partial charge is 1.00 e. The minimum Gasteiger partial charge on any atom is -0.507 e. The van der Waals surface area contributed by atoms with Crippen molar-refractivity contribution in [1.29, 1.82) is 0 Å². The molecule has 0 spiro atoms. The summed E-state index contributed by atoms with van der Waals surface area (Å²) in [4.78, 5) is 10.4. The maximum Gasteiger partial charge on any atom is 1.00 e. The number of rotatable bonds is 3. The van der Waals surface area contributed by atoms with Crippen LogP contribution in [0.2, 0.25) is 0 Å². The first kappa shape index (κ1) is 16.0. The zero-order valence-electron chi connectivity index (χ0n) is 8.71. The fourth-order valence-corrected chi connectivity index (χ4v) is 1.12. The second-order valence-corrected chi connectivity index (χ2v) is 2.85. The third-order valence-electron chi connectivity index (χ3n) is 1.84. The van der Waals surface area contributed by atoms with Gasteiger partial charge in [-0.3, -0.25) is 4.79 Å². The van der Waals surface area contributed by atoms with E-state index in [1.807, 2.05) is 0 Å². The van der Waals surface area contributed by atoms with E-state index in [4.69, 9.17) is 0 Å². The summed E-state index contributed by atoms with van der Waals surface area (Å²) in [5, 5.41) is 9.20. The zero-order chi connectivity index (χ0) is 11.6. The Balaban J connectivity index is 0.00000225. The number of hydrogen-bond donors (Lipinski definition) is 1. The molecule has 16 heavy (non-hydrogen) atoms. The van der Waals surface area contributed by atoms with Gasteiger partial charge in [0.25, 0.3) is 0 Å². The molecule has 0 unspecified atom stereocenters. The molecule has 0 saturated carbocycles. The van der Waals surface area contributed by atoms with Gasteiger partial charge in [-0.25, -0.2) is 0 Å². The van der Waals surface area contributed by atoms with Crippen molar-refractivity contribution in [2.75, 3.05) is 7.11 Å². The summed E-state index contributed by atoms with van der Waals surface area (Å²) in [6, 6.07) is 1.62. The molecule has 1 aromatic carbocycles. The summed E-state index contributed by atoms with van der Waals surface area (Å²) >= 11 is 0. The molecule has 0 aliphatic carbocycles. The van der Waals surface area contributed by atoms with Gasteiger partial charge in [0.05, 0.1) is 7.11 Å². The van der Waals surface area contributed by atoms with Crippen molar-refractivity contribution in [2.24, 2.45) is 0 Å². The van der Waals surface area contributed by atoms with Crippen molar-refractivity contribution in [3.8, 4) is 11.5 Å². The Labute approximate surface area is 132 Å². The van der Waals surface area contributed by atoms with Gasteiger partial charge >= 0.3 is 58.4 Å². The number of aldehydes is 1. The summed E-state index contributed by atoms with van der Waals surface area (Å²) < 4.78 is 41.8. The van der Waals surface area contributed by atoms with E-state index in [0.717, 1.165) is 13.2 Å². The second-order valence-electron chi connectivity index (χ2n) is 2.85. The first-order valence-corrected chi connectivity index (χ1v) is 3.96. The number of carbonyl (C=O) groups is 1. The Morgan fingerprint density at radius 3 is 2.31 bits per heavy atom. The van der Waals surface area contributed by atoms with Crippen LogP contribution in [0.15, 0.2) is 12.1 Å². The molecule has 1 aromatic rings. The van der Waals surface area contributed by atoms with E-state index in [-0.39, 0.29) is 69.0 Å². The average molecular weight is 258 g/mol. The van der Waals surface area contributed by atoms with E-state index >= 15 is 0 Å². The average Bonchev–Trinajstić information content (AvgIpc) is 2.16. The molecule has 1 N–H and O–H groups in total. The van der Waals surface area contributed by atoms with Crippen LogP contribution >= 0.6 is 0 Å². The van der Waals surface area contributed by atoms with E-state index < -0.39 is 18.2 Å². The monoisotopic (exact) mass is 258 g/mol. The van der Waals surface area contributed by atoms with Crippen LogP contribution in [0.4, 0.5) is 12.9 Å². The third kappa shape index (κ3) is 3.49. The smallest absolute Gasteiger partial charge is 0.507 e. The molecule has 0 heterocycles. The van der Waals surface area contributed by atoms with Crippen LogP contribution in [0.5, 0.6) is 11.5 Å². The van der Waals surface area contributed by atoms with Gasteiger partial charge in [0.2, 0.25) is 0 Å². The Bertz CT molecular complexity index is 395. The molecule has 0 aromatic heterocycles. The molecule has 0 atom stereocenters. The summed E-state index contributed by atoms with van der Waals surface area (Å²) in [7, 11) is 1.11. The van der Waals surface area contributed by atoms with Crippen molar-refractivity contribution in [3.05, 3.63) is 17.7 Å². The summed E-state index contributed by atoms with van der Waals surface area (Å²) in [5.41, 5.74) is -1.42.